The van der Waals surface area contributed by atoms with Gasteiger partial charge in [0.1, 0.15) is 13.2 Å². The highest BCUT2D eigenvalue weighted by molar-refractivity contribution is 5.71. The molecule has 0 aromatic heterocycles. The first-order valence-corrected chi connectivity index (χ1v) is 27.0. The highest BCUT2D eigenvalue weighted by Gasteiger charge is 2.19. The summed E-state index contributed by atoms with van der Waals surface area (Å²) in [5.74, 6) is -1.01. The third-order valence-electron chi connectivity index (χ3n) is 11.1. The molecule has 0 radical (unpaired) electrons. The lowest BCUT2D eigenvalue weighted by Gasteiger charge is -2.18. The summed E-state index contributed by atoms with van der Waals surface area (Å²) >= 11 is 0. The minimum absolute atomic E-state index is 0.117. The third kappa shape index (κ3) is 51.1. The first-order chi connectivity index (χ1) is 32.5. The molecule has 0 aliphatic heterocycles. The molecule has 0 amide bonds. The van der Waals surface area contributed by atoms with Crippen LogP contribution in [0.2, 0.25) is 0 Å². The molecule has 0 fully saturated rings. The minimum atomic E-state index is -0.818. The molecule has 6 nitrogen and oxygen atoms in total. The van der Waals surface area contributed by atoms with Crippen LogP contribution in [-0.2, 0) is 28.6 Å². The van der Waals surface area contributed by atoms with E-state index in [1.807, 2.05) is 48.6 Å². The zero-order chi connectivity index (χ0) is 47.9. The van der Waals surface area contributed by atoms with Crippen molar-refractivity contribution >= 4 is 17.9 Å². The number of hydrogen-bond acceptors (Lipinski definition) is 6. The Labute approximate surface area is 406 Å². The molecule has 0 saturated heterocycles. The Bertz CT molecular complexity index is 1370. The lowest BCUT2D eigenvalue weighted by Crippen LogP contribution is -2.30. The second-order valence-electron chi connectivity index (χ2n) is 17.5. The molecule has 0 saturated carbocycles. The van der Waals surface area contributed by atoms with Crippen LogP contribution in [0.3, 0.4) is 0 Å². The second-order valence-corrected chi connectivity index (χ2v) is 17.5. The van der Waals surface area contributed by atoms with E-state index in [1.54, 1.807) is 0 Å². The summed E-state index contributed by atoms with van der Waals surface area (Å²) in [6.07, 6.45) is 72.2. The van der Waals surface area contributed by atoms with Gasteiger partial charge in [-0.05, 0) is 77.0 Å². The van der Waals surface area contributed by atoms with Gasteiger partial charge in [-0.1, -0.05) is 246 Å². The molecule has 0 aliphatic carbocycles. The average Bonchev–Trinajstić information content (AvgIpc) is 3.31. The minimum Gasteiger partial charge on any atom is -0.462 e. The summed E-state index contributed by atoms with van der Waals surface area (Å²) in [6.45, 7) is 6.38. The fourth-order valence-electron chi connectivity index (χ4n) is 7.10. The molecular weight excluding hydrogens is 817 g/mol. The molecule has 0 aliphatic rings. The van der Waals surface area contributed by atoms with Gasteiger partial charge >= 0.3 is 17.9 Å². The third-order valence-corrected chi connectivity index (χ3v) is 11.1. The zero-order valence-electron chi connectivity index (χ0n) is 42.7. The summed E-state index contributed by atoms with van der Waals surface area (Å²) in [5.41, 5.74) is 0. The number of ether oxygens (including phenoxy) is 3. The Kier molecular flexibility index (Phi) is 50.5. The van der Waals surface area contributed by atoms with Crippen LogP contribution in [0.1, 0.15) is 233 Å². The van der Waals surface area contributed by atoms with E-state index in [-0.39, 0.29) is 37.5 Å². The van der Waals surface area contributed by atoms with E-state index in [0.717, 1.165) is 77.0 Å². The van der Waals surface area contributed by atoms with E-state index in [9.17, 15) is 14.4 Å². The number of hydrogen-bond donors (Lipinski definition) is 0. The van der Waals surface area contributed by atoms with Crippen molar-refractivity contribution in [1.82, 2.24) is 0 Å². The topological polar surface area (TPSA) is 78.9 Å². The first-order valence-electron chi connectivity index (χ1n) is 27.0. The first kappa shape index (κ1) is 62.1. The zero-order valence-corrected chi connectivity index (χ0v) is 42.7. The van der Waals surface area contributed by atoms with Gasteiger partial charge in [0.05, 0.1) is 0 Å². The van der Waals surface area contributed by atoms with Crippen molar-refractivity contribution in [2.75, 3.05) is 13.2 Å². The SMILES string of the molecule is CC\C=C/C=C\C=C/C=C\C=C/CCCCCC(=O)OCC(COC(=O)CCC/C=C\C/C=C\C/C=C\C/C=C\CCCCC)OC(=O)CCCCCCCCCCCCCCCCCC. The fraction of sp³-hybridized carbons (Fsp3) is 0.650. The summed E-state index contributed by atoms with van der Waals surface area (Å²) in [6, 6.07) is 0. The van der Waals surface area contributed by atoms with Crippen molar-refractivity contribution in [3.63, 3.8) is 0 Å². The average molecular weight is 915 g/mol. The number of rotatable bonds is 47. The molecule has 0 rings (SSSR count). The van der Waals surface area contributed by atoms with E-state index in [2.05, 4.69) is 81.5 Å². The number of unbranched alkanes of at least 4 members (excludes halogenated alkanes) is 22. The number of allylic oxidation sites excluding steroid dienone is 18. The van der Waals surface area contributed by atoms with Crippen LogP contribution in [0, 0.1) is 0 Å². The van der Waals surface area contributed by atoms with E-state index in [4.69, 9.17) is 14.2 Å². The van der Waals surface area contributed by atoms with E-state index >= 15 is 0 Å². The normalized spacial score (nSPS) is 13.0. The van der Waals surface area contributed by atoms with Gasteiger partial charge in [0.15, 0.2) is 6.10 Å². The maximum absolute atomic E-state index is 12.8. The van der Waals surface area contributed by atoms with Crippen molar-refractivity contribution in [2.24, 2.45) is 0 Å². The second kappa shape index (κ2) is 53.7. The van der Waals surface area contributed by atoms with Crippen molar-refractivity contribution in [1.29, 1.82) is 0 Å². The van der Waals surface area contributed by atoms with Gasteiger partial charge in [0.2, 0.25) is 0 Å². The lowest BCUT2D eigenvalue weighted by molar-refractivity contribution is -0.167. The molecule has 0 bridgehead atoms. The van der Waals surface area contributed by atoms with Gasteiger partial charge in [-0.2, -0.15) is 0 Å². The molecule has 0 heterocycles. The predicted molar refractivity (Wildman–Crippen MR) is 283 cm³/mol. The quantitative estimate of drug-likeness (QED) is 0.0199. The Morgan fingerprint density at radius 2 is 0.667 bits per heavy atom. The molecule has 374 valence electrons. The Hall–Kier alpha value is -3.93. The molecule has 66 heavy (non-hydrogen) atoms. The summed E-state index contributed by atoms with van der Waals surface area (Å²) in [5, 5.41) is 0. The Balaban J connectivity index is 4.54. The maximum atomic E-state index is 12.8. The van der Waals surface area contributed by atoms with Crippen molar-refractivity contribution in [3.05, 3.63) is 109 Å². The van der Waals surface area contributed by atoms with Gasteiger partial charge in [-0.3, -0.25) is 14.4 Å². The van der Waals surface area contributed by atoms with Crippen LogP contribution >= 0.6 is 0 Å². The number of carbonyl (C=O) groups is 3. The number of esters is 3. The maximum Gasteiger partial charge on any atom is 0.306 e. The molecule has 0 aromatic carbocycles. The lowest BCUT2D eigenvalue weighted by atomic mass is 10.0. The van der Waals surface area contributed by atoms with E-state index in [1.165, 1.54) is 109 Å². The molecule has 0 N–H and O–H groups in total. The molecule has 0 spiro atoms. The molecule has 1 unspecified atom stereocenters. The van der Waals surface area contributed by atoms with Crippen LogP contribution in [0.25, 0.3) is 0 Å². The molecule has 0 aromatic rings. The van der Waals surface area contributed by atoms with E-state index < -0.39 is 6.10 Å². The van der Waals surface area contributed by atoms with Crippen LogP contribution < -0.4 is 0 Å². The molecule has 6 heteroatoms. The van der Waals surface area contributed by atoms with Crippen LogP contribution in [-0.4, -0.2) is 37.2 Å². The number of carbonyl (C=O) groups excluding carboxylic acids is 3. The van der Waals surface area contributed by atoms with Crippen molar-refractivity contribution in [3.8, 4) is 0 Å². The van der Waals surface area contributed by atoms with Crippen LogP contribution in [0.4, 0.5) is 0 Å². The Morgan fingerprint density at radius 3 is 1.15 bits per heavy atom. The van der Waals surface area contributed by atoms with Gasteiger partial charge in [0.25, 0.3) is 0 Å². The van der Waals surface area contributed by atoms with E-state index in [0.29, 0.717) is 19.3 Å². The summed E-state index contributed by atoms with van der Waals surface area (Å²) in [7, 11) is 0. The van der Waals surface area contributed by atoms with Gasteiger partial charge in [-0.15, -0.1) is 0 Å². The highest BCUT2D eigenvalue weighted by atomic mass is 16.6. The summed E-state index contributed by atoms with van der Waals surface area (Å²) in [4.78, 5) is 38.0. The smallest absolute Gasteiger partial charge is 0.306 e. The van der Waals surface area contributed by atoms with Crippen molar-refractivity contribution in [2.45, 2.75) is 239 Å². The highest BCUT2D eigenvalue weighted by Crippen LogP contribution is 2.15. The predicted octanol–water partition coefficient (Wildman–Crippen LogP) is 17.9. The van der Waals surface area contributed by atoms with Gasteiger partial charge in [0, 0.05) is 19.3 Å². The van der Waals surface area contributed by atoms with Crippen LogP contribution in [0.5, 0.6) is 0 Å². The molecular formula is C60H98O6. The summed E-state index contributed by atoms with van der Waals surface area (Å²) < 4.78 is 16.7. The van der Waals surface area contributed by atoms with Crippen molar-refractivity contribution < 1.29 is 28.6 Å². The molecule has 1 atom stereocenters. The largest absolute Gasteiger partial charge is 0.462 e. The van der Waals surface area contributed by atoms with Crippen LogP contribution in [0.15, 0.2) is 109 Å². The van der Waals surface area contributed by atoms with Gasteiger partial charge < -0.3 is 14.2 Å². The van der Waals surface area contributed by atoms with Gasteiger partial charge in [-0.25, -0.2) is 0 Å². The fourth-order valence-corrected chi connectivity index (χ4v) is 7.10. The standard InChI is InChI=1S/C60H98O6/c1-4-7-10-13-16-19-22-25-28-30-33-35-38-41-44-47-50-53-59(62)65-56-57(55-64-58(61)52-49-46-43-40-37-34-31-27-24-21-18-15-12-9-6-3)66-60(63)54-51-48-45-42-39-36-32-29-26-23-20-17-14-11-8-5-2/h9,12,15-16,18-19,21,24-25,27-28,31,33-35,37,41,44,57H,4-8,10-11,13-14,17,20,22-23,26,29-30,32,36,38-40,42-43,45-56H2,1-3H3/b12-9-,18-15-,19-16-,24-21-,28-25-,31-27-,35-33-,37-34-,44-41-. The monoisotopic (exact) mass is 915 g/mol. The Morgan fingerprint density at radius 1 is 0.333 bits per heavy atom.